The standard InChI is InChI=1S/C12H14BrN3O/c1-8-6-15-12(14)16(8)7-9-3-4-11(17-2)10(13)5-9/h3-6H,7H2,1-2H3,(H2,14,15). The SMILES string of the molecule is COc1ccc(Cn2c(C)cnc2N)cc1Br. The summed E-state index contributed by atoms with van der Waals surface area (Å²) >= 11 is 3.47. The molecule has 1 aromatic carbocycles. The van der Waals surface area contributed by atoms with Crippen molar-refractivity contribution in [2.75, 3.05) is 12.8 Å². The minimum absolute atomic E-state index is 0.537. The topological polar surface area (TPSA) is 53.1 Å². The zero-order chi connectivity index (χ0) is 12.4. The number of anilines is 1. The van der Waals surface area contributed by atoms with Crippen molar-refractivity contribution >= 4 is 21.9 Å². The van der Waals surface area contributed by atoms with Gasteiger partial charge < -0.3 is 15.0 Å². The molecule has 0 aliphatic rings. The number of halogens is 1. The van der Waals surface area contributed by atoms with Crippen molar-refractivity contribution in [3.05, 3.63) is 40.1 Å². The smallest absolute Gasteiger partial charge is 0.200 e. The fraction of sp³-hybridized carbons (Fsp3) is 0.250. The minimum Gasteiger partial charge on any atom is -0.496 e. The summed E-state index contributed by atoms with van der Waals surface area (Å²) in [7, 11) is 1.65. The maximum Gasteiger partial charge on any atom is 0.200 e. The summed E-state index contributed by atoms with van der Waals surface area (Å²) in [5.41, 5.74) is 7.99. The van der Waals surface area contributed by atoms with E-state index in [1.54, 1.807) is 13.3 Å². The average Bonchev–Trinajstić information content (AvgIpc) is 2.61. The molecule has 1 heterocycles. The summed E-state index contributed by atoms with van der Waals surface area (Å²) in [6, 6.07) is 5.97. The van der Waals surface area contributed by atoms with Crippen LogP contribution in [0.25, 0.3) is 0 Å². The molecule has 1 aromatic heterocycles. The number of aromatic nitrogens is 2. The molecule has 0 amide bonds. The van der Waals surface area contributed by atoms with Gasteiger partial charge in [0, 0.05) is 5.69 Å². The Morgan fingerprint density at radius 2 is 2.24 bits per heavy atom. The zero-order valence-electron chi connectivity index (χ0n) is 9.77. The maximum atomic E-state index is 5.80. The first-order valence-electron chi connectivity index (χ1n) is 5.22. The normalized spacial score (nSPS) is 10.5. The molecule has 17 heavy (non-hydrogen) atoms. The lowest BCUT2D eigenvalue weighted by Crippen LogP contribution is -2.06. The Morgan fingerprint density at radius 1 is 1.47 bits per heavy atom. The van der Waals surface area contributed by atoms with Gasteiger partial charge in [0.25, 0.3) is 0 Å². The maximum absolute atomic E-state index is 5.80. The second-order valence-corrected chi connectivity index (χ2v) is 4.67. The second-order valence-electron chi connectivity index (χ2n) is 3.81. The van der Waals surface area contributed by atoms with Crippen LogP contribution in [-0.2, 0) is 6.54 Å². The third kappa shape index (κ3) is 2.44. The highest BCUT2D eigenvalue weighted by molar-refractivity contribution is 9.10. The summed E-state index contributed by atoms with van der Waals surface area (Å²) in [6.07, 6.45) is 1.77. The highest BCUT2D eigenvalue weighted by atomic mass is 79.9. The Hall–Kier alpha value is -1.49. The summed E-state index contributed by atoms with van der Waals surface area (Å²) in [6.45, 7) is 2.70. The second kappa shape index (κ2) is 4.79. The number of aryl methyl sites for hydroxylation is 1. The number of methoxy groups -OCH3 is 1. The largest absolute Gasteiger partial charge is 0.496 e. The predicted molar refractivity (Wildman–Crippen MR) is 71.2 cm³/mol. The van der Waals surface area contributed by atoms with Crippen LogP contribution in [0.3, 0.4) is 0 Å². The number of ether oxygens (including phenoxy) is 1. The van der Waals surface area contributed by atoms with Gasteiger partial charge >= 0.3 is 0 Å². The van der Waals surface area contributed by atoms with Crippen LogP contribution in [0.2, 0.25) is 0 Å². The van der Waals surface area contributed by atoms with Crippen LogP contribution in [0.4, 0.5) is 5.95 Å². The van der Waals surface area contributed by atoms with Crippen LogP contribution in [0.1, 0.15) is 11.3 Å². The molecule has 0 aliphatic carbocycles. The van der Waals surface area contributed by atoms with Crippen molar-refractivity contribution in [3.8, 4) is 5.75 Å². The van der Waals surface area contributed by atoms with Crippen molar-refractivity contribution in [1.82, 2.24) is 9.55 Å². The number of benzene rings is 1. The van der Waals surface area contributed by atoms with Crippen LogP contribution in [0.15, 0.2) is 28.9 Å². The van der Waals surface area contributed by atoms with Crippen LogP contribution < -0.4 is 10.5 Å². The lowest BCUT2D eigenvalue weighted by Gasteiger charge is -2.09. The number of hydrogen-bond acceptors (Lipinski definition) is 3. The van der Waals surface area contributed by atoms with Crippen molar-refractivity contribution in [2.45, 2.75) is 13.5 Å². The molecule has 0 atom stereocenters. The van der Waals surface area contributed by atoms with Crippen LogP contribution >= 0.6 is 15.9 Å². The first-order valence-corrected chi connectivity index (χ1v) is 6.01. The Balaban J connectivity index is 2.28. The van der Waals surface area contributed by atoms with E-state index in [4.69, 9.17) is 10.5 Å². The van der Waals surface area contributed by atoms with E-state index in [2.05, 4.69) is 20.9 Å². The summed E-state index contributed by atoms with van der Waals surface area (Å²) in [5, 5.41) is 0. The van der Waals surface area contributed by atoms with E-state index in [0.29, 0.717) is 12.5 Å². The first kappa shape index (κ1) is 12.0. The lowest BCUT2D eigenvalue weighted by molar-refractivity contribution is 0.412. The van der Waals surface area contributed by atoms with Gasteiger partial charge in [-0.3, -0.25) is 0 Å². The first-order chi connectivity index (χ1) is 8.11. The Morgan fingerprint density at radius 3 is 2.76 bits per heavy atom. The molecule has 0 fully saturated rings. The van der Waals surface area contributed by atoms with Gasteiger partial charge in [0.2, 0.25) is 5.95 Å². The number of nitrogens with zero attached hydrogens (tertiary/aromatic N) is 2. The van der Waals surface area contributed by atoms with Crippen molar-refractivity contribution in [1.29, 1.82) is 0 Å². The molecule has 2 aromatic rings. The molecule has 0 saturated heterocycles. The monoisotopic (exact) mass is 295 g/mol. The van der Waals surface area contributed by atoms with Crippen LogP contribution in [0, 0.1) is 6.92 Å². The fourth-order valence-electron chi connectivity index (χ4n) is 1.68. The minimum atomic E-state index is 0.537. The van der Waals surface area contributed by atoms with Crippen molar-refractivity contribution in [2.24, 2.45) is 0 Å². The third-order valence-corrected chi connectivity index (χ3v) is 3.26. The highest BCUT2D eigenvalue weighted by Gasteiger charge is 2.06. The van der Waals surface area contributed by atoms with Gasteiger partial charge in [-0.15, -0.1) is 0 Å². The van der Waals surface area contributed by atoms with Gasteiger partial charge in [0.1, 0.15) is 5.75 Å². The van der Waals surface area contributed by atoms with Crippen LogP contribution in [0.5, 0.6) is 5.75 Å². The van der Waals surface area contributed by atoms with Crippen molar-refractivity contribution < 1.29 is 4.74 Å². The fourth-order valence-corrected chi connectivity index (χ4v) is 2.26. The molecule has 90 valence electrons. The van der Waals surface area contributed by atoms with Gasteiger partial charge in [-0.1, -0.05) is 6.07 Å². The number of imidazole rings is 1. The average molecular weight is 296 g/mol. The van der Waals surface area contributed by atoms with Crippen LogP contribution in [-0.4, -0.2) is 16.7 Å². The Bertz CT molecular complexity index is 517. The highest BCUT2D eigenvalue weighted by Crippen LogP contribution is 2.26. The molecule has 5 heteroatoms. The predicted octanol–water partition coefficient (Wildman–Crippen LogP) is 2.59. The summed E-state index contributed by atoms with van der Waals surface area (Å²) in [4.78, 5) is 4.07. The summed E-state index contributed by atoms with van der Waals surface area (Å²) in [5.74, 6) is 1.36. The number of hydrogen-bond donors (Lipinski definition) is 1. The van der Waals surface area contributed by atoms with Gasteiger partial charge in [0.15, 0.2) is 0 Å². The Kier molecular flexibility index (Phi) is 3.38. The van der Waals surface area contributed by atoms with E-state index in [1.165, 1.54) is 0 Å². The zero-order valence-corrected chi connectivity index (χ0v) is 11.4. The third-order valence-electron chi connectivity index (χ3n) is 2.64. The molecular weight excluding hydrogens is 282 g/mol. The van der Waals surface area contributed by atoms with E-state index < -0.39 is 0 Å². The molecular formula is C12H14BrN3O. The van der Waals surface area contributed by atoms with E-state index in [1.807, 2.05) is 29.7 Å². The van der Waals surface area contributed by atoms with E-state index in [0.717, 1.165) is 21.5 Å². The van der Waals surface area contributed by atoms with Crippen molar-refractivity contribution in [3.63, 3.8) is 0 Å². The molecule has 2 N–H and O–H groups in total. The molecule has 0 spiro atoms. The molecule has 2 rings (SSSR count). The lowest BCUT2D eigenvalue weighted by atomic mass is 10.2. The number of rotatable bonds is 3. The van der Waals surface area contributed by atoms with Gasteiger partial charge in [0.05, 0.1) is 24.3 Å². The van der Waals surface area contributed by atoms with E-state index >= 15 is 0 Å². The van der Waals surface area contributed by atoms with Gasteiger partial charge in [-0.2, -0.15) is 0 Å². The van der Waals surface area contributed by atoms with Gasteiger partial charge in [-0.25, -0.2) is 4.98 Å². The molecule has 4 nitrogen and oxygen atoms in total. The molecule has 0 unspecified atom stereocenters. The molecule has 0 saturated carbocycles. The molecule has 0 aliphatic heterocycles. The number of nitrogens with two attached hydrogens (primary N) is 1. The quantitative estimate of drug-likeness (QED) is 0.947. The van der Waals surface area contributed by atoms with Gasteiger partial charge in [-0.05, 0) is 40.5 Å². The molecule has 0 radical (unpaired) electrons. The van der Waals surface area contributed by atoms with E-state index in [-0.39, 0.29) is 0 Å². The summed E-state index contributed by atoms with van der Waals surface area (Å²) < 4.78 is 8.10. The van der Waals surface area contributed by atoms with E-state index in [9.17, 15) is 0 Å². The Labute approximate surface area is 109 Å². The number of nitrogen functional groups attached to an aromatic ring is 1. The molecule has 0 bridgehead atoms.